The molecule has 0 saturated heterocycles. The summed E-state index contributed by atoms with van der Waals surface area (Å²) in [4.78, 5) is 0. The monoisotopic (exact) mass is 449 g/mol. The third-order valence-electron chi connectivity index (χ3n) is 3.97. The van der Waals surface area contributed by atoms with E-state index in [2.05, 4.69) is 5.32 Å². The second kappa shape index (κ2) is 10.4. The molecule has 0 aliphatic heterocycles. The van der Waals surface area contributed by atoms with Crippen molar-refractivity contribution in [1.29, 1.82) is 0 Å². The fourth-order valence-corrected chi connectivity index (χ4v) is 2.85. The van der Waals surface area contributed by atoms with Gasteiger partial charge in [-0.15, -0.1) is 0 Å². The SMILES string of the molecule is CC(C)(C)c1c(F)cc(CCNCc2ccccc2)cc1C(F)(F)F.CS(=O)(=O)O. The van der Waals surface area contributed by atoms with Crippen LogP contribution in [0.4, 0.5) is 17.6 Å². The lowest BCUT2D eigenvalue weighted by Gasteiger charge is -2.25. The van der Waals surface area contributed by atoms with Crippen LogP contribution in [0, 0.1) is 5.82 Å². The van der Waals surface area contributed by atoms with Crippen LogP contribution in [0.15, 0.2) is 42.5 Å². The van der Waals surface area contributed by atoms with Gasteiger partial charge in [-0.2, -0.15) is 21.6 Å². The second-order valence-corrected chi connectivity index (χ2v) is 9.36. The molecule has 0 radical (unpaired) electrons. The number of nitrogens with one attached hydrogen (secondary N) is 1. The van der Waals surface area contributed by atoms with E-state index >= 15 is 0 Å². The van der Waals surface area contributed by atoms with Gasteiger partial charge in [-0.25, -0.2) is 4.39 Å². The molecule has 0 amide bonds. The zero-order valence-electron chi connectivity index (χ0n) is 17.3. The van der Waals surface area contributed by atoms with Gasteiger partial charge in [0.2, 0.25) is 0 Å². The Hall–Kier alpha value is -1.97. The molecule has 0 fully saturated rings. The van der Waals surface area contributed by atoms with Gasteiger partial charge in [0.1, 0.15) is 5.82 Å². The van der Waals surface area contributed by atoms with E-state index in [0.717, 1.165) is 11.6 Å². The van der Waals surface area contributed by atoms with E-state index < -0.39 is 33.1 Å². The lowest BCUT2D eigenvalue weighted by atomic mass is 9.82. The normalized spacial score (nSPS) is 12.3. The quantitative estimate of drug-likeness (QED) is 0.384. The van der Waals surface area contributed by atoms with Crippen LogP contribution < -0.4 is 5.32 Å². The van der Waals surface area contributed by atoms with Crippen molar-refractivity contribution in [3.8, 4) is 0 Å². The van der Waals surface area contributed by atoms with E-state index in [4.69, 9.17) is 4.55 Å². The first kappa shape index (κ1) is 26.1. The van der Waals surface area contributed by atoms with Gasteiger partial charge >= 0.3 is 6.18 Å². The number of rotatable bonds is 5. The molecule has 2 rings (SSSR count). The maximum absolute atomic E-state index is 14.4. The van der Waals surface area contributed by atoms with Crippen molar-refractivity contribution in [1.82, 2.24) is 5.32 Å². The summed E-state index contributed by atoms with van der Waals surface area (Å²) in [6, 6.07) is 12.0. The molecule has 0 aromatic heterocycles. The molecule has 0 heterocycles. The lowest BCUT2D eigenvalue weighted by Crippen LogP contribution is -2.23. The zero-order chi connectivity index (χ0) is 23.2. The highest BCUT2D eigenvalue weighted by atomic mass is 32.2. The summed E-state index contributed by atoms with van der Waals surface area (Å²) < 4.78 is 80.4. The maximum atomic E-state index is 14.4. The Labute approximate surface area is 175 Å². The molecule has 0 aliphatic carbocycles. The van der Waals surface area contributed by atoms with Crippen LogP contribution in [0.1, 0.15) is 43.0 Å². The standard InChI is InChI=1S/C20H23F4N.CH4O3S/c1-19(2,3)18-16(20(22,23)24)11-15(12-17(18)21)9-10-25-13-14-7-5-4-6-8-14;1-5(2,3)4/h4-8,11-12,25H,9-10,13H2,1-3H3;1H3,(H,2,3,4). The Morgan fingerprint density at radius 1 is 1.00 bits per heavy atom. The van der Waals surface area contributed by atoms with E-state index in [1.54, 1.807) is 20.8 Å². The van der Waals surface area contributed by atoms with Crippen molar-refractivity contribution in [2.24, 2.45) is 0 Å². The highest BCUT2D eigenvalue weighted by Crippen LogP contribution is 2.39. The summed E-state index contributed by atoms with van der Waals surface area (Å²) in [5.74, 6) is -0.791. The topological polar surface area (TPSA) is 66.4 Å². The molecular weight excluding hydrogens is 422 g/mol. The van der Waals surface area contributed by atoms with Crippen LogP contribution in [0.2, 0.25) is 0 Å². The summed E-state index contributed by atoms with van der Waals surface area (Å²) in [6.07, 6.45) is -3.53. The molecule has 2 aromatic rings. The summed E-state index contributed by atoms with van der Waals surface area (Å²) in [7, 11) is -3.67. The van der Waals surface area contributed by atoms with Crippen LogP contribution >= 0.6 is 0 Å². The molecule has 0 atom stereocenters. The predicted octanol–water partition coefficient (Wildman–Crippen LogP) is 4.98. The Bertz CT molecular complexity index is 914. The Balaban J connectivity index is 0.000000804. The Morgan fingerprint density at radius 3 is 2.00 bits per heavy atom. The third-order valence-corrected chi connectivity index (χ3v) is 3.97. The van der Waals surface area contributed by atoms with Gasteiger partial charge in [-0.3, -0.25) is 4.55 Å². The molecular formula is C21H27F4NO3S. The van der Waals surface area contributed by atoms with Crippen LogP contribution in [0.5, 0.6) is 0 Å². The van der Waals surface area contributed by atoms with Gasteiger partial charge in [0.15, 0.2) is 0 Å². The minimum atomic E-state index is -4.57. The minimum Gasteiger partial charge on any atom is -0.312 e. The van der Waals surface area contributed by atoms with Gasteiger partial charge in [0, 0.05) is 12.1 Å². The molecule has 168 valence electrons. The van der Waals surface area contributed by atoms with E-state index in [1.807, 2.05) is 30.3 Å². The second-order valence-electron chi connectivity index (χ2n) is 7.89. The fraction of sp³-hybridized carbons (Fsp3) is 0.429. The molecule has 30 heavy (non-hydrogen) atoms. The largest absolute Gasteiger partial charge is 0.416 e. The van der Waals surface area contributed by atoms with Crippen LogP contribution in [-0.4, -0.2) is 25.8 Å². The van der Waals surface area contributed by atoms with Crippen molar-refractivity contribution < 1.29 is 30.5 Å². The van der Waals surface area contributed by atoms with E-state index in [1.165, 1.54) is 6.07 Å². The number of hydrogen-bond acceptors (Lipinski definition) is 3. The van der Waals surface area contributed by atoms with Gasteiger partial charge in [-0.1, -0.05) is 51.1 Å². The Morgan fingerprint density at radius 2 is 1.53 bits per heavy atom. The molecule has 0 saturated carbocycles. The van der Waals surface area contributed by atoms with Crippen LogP contribution in [0.25, 0.3) is 0 Å². The van der Waals surface area contributed by atoms with Gasteiger partial charge in [0.05, 0.1) is 11.8 Å². The highest BCUT2D eigenvalue weighted by molar-refractivity contribution is 7.85. The number of alkyl halides is 3. The molecule has 4 nitrogen and oxygen atoms in total. The van der Waals surface area contributed by atoms with Crippen LogP contribution in [0.3, 0.4) is 0 Å². The maximum Gasteiger partial charge on any atom is 0.416 e. The van der Waals surface area contributed by atoms with Gasteiger partial charge < -0.3 is 5.32 Å². The van der Waals surface area contributed by atoms with Crippen molar-refractivity contribution in [2.45, 2.75) is 45.3 Å². The van der Waals surface area contributed by atoms with Crippen LogP contribution in [-0.2, 0) is 34.7 Å². The average Bonchev–Trinajstić information content (AvgIpc) is 2.55. The van der Waals surface area contributed by atoms with Crippen molar-refractivity contribution in [2.75, 3.05) is 12.8 Å². The van der Waals surface area contributed by atoms with E-state index in [-0.39, 0.29) is 5.56 Å². The summed E-state index contributed by atoms with van der Waals surface area (Å²) in [5.41, 5.74) is -0.635. The first-order chi connectivity index (χ1) is 13.6. The highest BCUT2D eigenvalue weighted by Gasteiger charge is 2.38. The average molecular weight is 450 g/mol. The van der Waals surface area contributed by atoms with Crippen molar-refractivity contribution in [3.63, 3.8) is 0 Å². The van der Waals surface area contributed by atoms with Crippen molar-refractivity contribution in [3.05, 3.63) is 70.5 Å². The molecule has 2 aromatic carbocycles. The first-order valence-corrected chi connectivity index (χ1v) is 11.0. The number of benzene rings is 2. The van der Waals surface area contributed by atoms with Gasteiger partial charge in [0.25, 0.3) is 10.1 Å². The molecule has 2 N–H and O–H groups in total. The number of hydrogen-bond donors (Lipinski definition) is 2. The molecule has 0 spiro atoms. The van der Waals surface area contributed by atoms with E-state index in [0.29, 0.717) is 31.3 Å². The summed E-state index contributed by atoms with van der Waals surface area (Å²) in [5, 5.41) is 3.17. The lowest BCUT2D eigenvalue weighted by molar-refractivity contribution is -0.139. The Kier molecular flexibility index (Phi) is 9.01. The zero-order valence-corrected chi connectivity index (χ0v) is 18.2. The predicted molar refractivity (Wildman–Crippen MR) is 109 cm³/mol. The van der Waals surface area contributed by atoms with Crippen molar-refractivity contribution >= 4 is 10.1 Å². The smallest absolute Gasteiger partial charge is 0.312 e. The third kappa shape index (κ3) is 9.69. The number of halogens is 4. The van der Waals surface area contributed by atoms with Gasteiger partial charge in [-0.05, 0) is 41.6 Å². The fourth-order valence-electron chi connectivity index (χ4n) is 2.85. The summed E-state index contributed by atoms with van der Waals surface area (Å²) in [6.45, 7) is 5.85. The summed E-state index contributed by atoms with van der Waals surface area (Å²) >= 11 is 0. The first-order valence-electron chi connectivity index (χ1n) is 9.16. The molecule has 0 aliphatic rings. The van der Waals surface area contributed by atoms with E-state index in [9.17, 15) is 26.0 Å². The molecule has 9 heteroatoms. The molecule has 0 bridgehead atoms. The molecule has 0 unspecified atom stereocenters. The minimum absolute atomic E-state index is 0.277.